The lowest BCUT2D eigenvalue weighted by Gasteiger charge is -2.44. The number of unbranched alkanes of at least 4 members (excludes halogenated alkanes) is 2. The van der Waals surface area contributed by atoms with E-state index in [-0.39, 0.29) is 37.9 Å². The lowest BCUT2D eigenvalue weighted by Crippen LogP contribution is -2.66. The number of aliphatic carboxylic acids is 2. The maximum Gasteiger partial charge on any atom is 0.490 e. The van der Waals surface area contributed by atoms with Crippen LogP contribution in [0.4, 0.5) is 31.1 Å². The highest BCUT2D eigenvalue weighted by atomic mass is 79.9. The molecule has 0 spiro atoms. The van der Waals surface area contributed by atoms with Crippen molar-refractivity contribution in [1.29, 1.82) is 0 Å². The van der Waals surface area contributed by atoms with Gasteiger partial charge in [0.1, 0.15) is 5.41 Å². The number of guanidine groups is 2. The molecule has 1 aliphatic heterocycles. The molecule has 4 aromatic rings. The number of carboxylic acid groups (broad SMARTS) is 2. The van der Waals surface area contributed by atoms with Crippen LogP contribution in [-0.4, -0.2) is 100 Å². The quantitative estimate of drug-likeness (QED) is 0.0263. The number of benzene rings is 4. The van der Waals surface area contributed by atoms with Crippen LogP contribution in [0.15, 0.2) is 91.7 Å². The molecule has 15 nitrogen and oxygen atoms in total. The Labute approximate surface area is 372 Å². The molecule has 0 saturated carbocycles. The number of fused-ring (bicyclic) bond motifs is 2. The summed E-state index contributed by atoms with van der Waals surface area (Å²) in [4.78, 5) is 72.4. The van der Waals surface area contributed by atoms with Gasteiger partial charge in [0.15, 0.2) is 11.9 Å². The SMILES string of the molecule is NC(N)=NCCCCN1C(=O)N(CCCCN=C(N)N)C(=O)C(Cc2ccc(Br)c3ccccc23)(Cc2ccc(Br)c3ccccc23)C1=O.O=C(O)C(F)(F)F.O=C(O)C(F)(F)F. The number of aliphatic imine (C=N–C) groups is 2. The van der Waals surface area contributed by atoms with Crippen molar-refractivity contribution in [2.75, 3.05) is 26.2 Å². The Morgan fingerprint density at radius 1 is 0.571 bits per heavy atom. The minimum Gasteiger partial charge on any atom is -0.475 e. The van der Waals surface area contributed by atoms with Crippen molar-refractivity contribution in [3.8, 4) is 0 Å². The Morgan fingerprint density at radius 3 is 1.19 bits per heavy atom. The van der Waals surface area contributed by atoms with Gasteiger partial charge in [-0.3, -0.25) is 29.4 Å². The van der Waals surface area contributed by atoms with Gasteiger partial charge >= 0.3 is 30.3 Å². The highest BCUT2D eigenvalue weighted by Crippen LogP contribution is 2.41. The number of nitrogens with zero attached hydrogens (tertiary/aromatic N) is 4. The number of nitrogens with two attached hydrogens (primary N) is 4. The number of imide groups is 2. The number of urea groups is 1. The molecule has 4 amide bonds. The number of rotatable bonds is 14. The van der Waals surface area contributed by atoms with Crippen LogP contribution in [0.3, 0.4) is 0 Å². The van der Waals surface area contributed by atoms with E-state index in [0.717, 1.165) is 41.6 Å². The van der Waals surface area contributed by atoms with Gasteiger partial charge < -0.3 is 33.1 Å². The van der Waals surface area contributed by atoms with Crippen LogP contribution in [0.1, 0.15) is 36.8 Å². The number of halogens is 8. The van der Waals surface area contributed by atoms with E-state index in [1.54, 1.807) is 0 Å². The lowest BCUT2D eigenvalue weighted by molar-refractivity contribution is -0.193. The first-order valence-corrected chi connectivity index (χ1v) is 20.2. The molecule has 0 aliphatic carbocycles. The summed E-state index contributed by atoms with van der Waals surface area (Å²) in [7, 11) is 0. The fourth-order valence-corrected chi connectivity index (χ4v) is 7.43. The first-order valence-electron chi connectivity index (χ1n) is 18.6. The minimum absolute atomic E-state index is 0.0231. The van der Waals surface area contributed by atoms with Crippen LogP contribution in [0.5, 0.6) is 0 Å². The van der Waals surface area contributed by atoms with Gasteiger partial charge in [-0.25, -0.2) is 14.4 Å². The number of carboxylic acids is 2. The molecule has 0 radical (unpaired) electrons. The van der Waals surface area contributed by atoms with Gasteiger partial charge in [0.25, 0.3) is 0 Å². The van der Waals surface area contributed by atoms with E-state index in [0.29, 0.717) is 38.8 Å². The van der Waals surface area contributed by atoms with Crippen molar-refractivity contribution in [3.63, 3.8) is 0 Å². The van der Waals surface area contributed by atoms with Crippen molar-refractivity contribution in [1.82, 2.24) is 9.80 Å². The molecule has 0 unspecified atom stereocenters. The van der Waals surface area contributed by atoms with Gasteiger partial charge in [0.05, 0.1) is 0 Å². The van der Waals surface area contributed by atoms with E-state index < -0.39 is 47.6 Å². The molecular formula is C40H42Br2F6N8O7. The molecule has 1 heterocycles. The van der Waals surface area contributed by atoms with E-state index in [1.165, 1.54) is 9.80 Å². The number of hydrogen-bond acceptors (Lipinski definition) is 7. The normalized spacial score (nSPS) is 13.7. The van der Waals surface area contributed by atoms with Crippen molar-refractivity contribution in [3.05, 3.63) is 92.9 Å². The summed E-state index contributed by atoms with van der Waals surface area (Å²) in [5, 5.41) is 18.0. The summed E-state index contributed by atoms with van der Waals surface area (Å²) >= 11 is 7.32. The van der Waals surface area contributed by atoms with E-state index >= 15 is 0 Å². The topological polar surface area (TPSA) is 261 Å². The summed E-state index contributed by atoms with van der Waals surface area (Å²) < 4.78 is 65.3. The smallest absolute Gasteiger partial charge is 0.475 e. The zero-order valence-corrected chi connectivity index (χ0v) is 36.2. The van der Waals surface area contributed by atoms with E-state index in [9.17, 15) is 40.7 Å². The Kier molecular flexibility index (Phi) is 18.3. The monoisotopic (exact) mass is 1020 g/mol. The van der Waals surface area contributed by atoms with Crippen molar-refractivity contribution >= 4 is 95.1 Å². The molecule has 5 rings (SSSR count). The molecule has 1 aliphatic rings. The van der Waals surface area contributed by atoms with Gasteiger partial charge in [-0.1, -0.05) is 92.5 Å². The second-order valence-electron chi connectivity index (χ2n) is 13.8. The van der Waals surface area contributed by atoms with Crippen LogP contribution in [0.25, 0.3) is 21.5 Å². The molecule has 4 aromatic carbocycles. The average Bonchev–Trinajstić information content (AvgIpc) is 3.21. The lowest BCUT2D eigenvalue weighted by atomic mass is 9.71. The van der Waals surface area contributed by atoms with E-state index in [2.05, 4.69) is 41.8 Å². The van der Waals surface area contributed by atoms with Crippen LogP contribution in [0, 0.1) is 5.41 Å². The van der Waals surface area contributed by atoms with Crippen molar-refractivity contribution in [2.24, 2.45) is 38.3 Å². The van der Waals surface area contributed by atoms with Crippen LogP contribution >= 0.6 is 31.9 Å². The van der Waals surface area contributed by atoms with Gasteiger partial charge in [-0.05, 0) is 83.3 Å². The van der Waals surface area contributed by atoms with Gasteiger partial charge in [-0.2, -0.15) is 26.3 Å². The van der Waals surface area contributed by atoms with Crippen molar-refractivity contribution in [2.45, 2.75) is 50.9 Å². The Balaban J connectivity index is 0.000000650. The molecule has 0 bridgehead atoms. The number of amides is 4. The number of alkyl halides is 6. The highest BCUT2D eigenvalue weighted by molar-refractivity contribution is 9.11. The third kappa shape index (κ3) is 14.0. The van der Waals surface area contributed by atoms with Crippen molar-refractivity contribution < 1.29 is 60.5 Å². The number of carbonyl (C=O) groups is 5. The van der Waals surface area contributed by atoms with Gasteiger partial charge in [-0.15, -0.1) is 0 Å². The maximum atomic E-state index is 15.0. The molecule has 0 aromatic heterocycles. The predicted molar refractivity (Wildman–Crippen MR) is 229 cm³/mol. The van der Waals surface area contributed by atoms with E-state index in [4.69, 9.17) is 42.7 Å². The van der Waals surface area contributed by atoms with Crippen LogP contribution in [0.2, 0.25) is 0 Å². The molecule has 0 atom stereocenters. The fourth-order valence-electron chi connectivity index (χ4n) is 6.47. The number of barbiturate groups is 1. The van der Waals surface area contributed by atoms with Gasteiger partial charge in [0.2, 0.25) is 11.8 Å². The zero-order chi connectivity index (χ0) is 47.3. The molecule has 63 heavy (non-hydrogen) atoms. The van der Waals surface area contributed by atoms with Crippen LogP contribution < -0.4 is 22.9 Å². The summed E-state index contributed by atoms with van der Waals surface area (Å²) in [5.74, 6) is -6.59. The second-order valence-corrected chi connectivity index (χ2v) is 15.5. The third-order valence-corrected chi connectivity index (χ3v) is 10.7. The minimum atomic E-state index is -5.08. The first-order chi connectivity index (χ1) is 29.4. The summed E-state index contributed by atoms with van der Waals surface area (Å²) in [6.45, 7) is 0.929. The highest BCUT2D eigenvalue weighted by Gasteiger charge is 2.57. The average molecular weight is 1020 g/mol. The standard InChI is InChI=1S/C36H40Br2N8O3.2C2HF3O2/c37-29-15-13-23(25-9-1-3-11-27(25)29)21-36(22-24-14-16-30(38)28-12-4-2-10-26(24)28)31(47)45(19-7-5-17-43-33(39)40)35(49)46(32(36)48)20-8-6-18-44-34(41)42;2*3-2(4,5)1(6)7/h1-4,9-16H,5-8,17-22H2,(H4,39,40,43)(H4,41,42,44);2*(H,6,7). The number of hydrogen-bond donors (Lipinski definition) is 6. The molecule has 23 heteroatoms. The number of carbonyl (C=O) groups excluding carboxylic acids is 3. The summed E-state index contributed by atoms with van der Waals surface area (Å²) in [6, 6.07) is 22.9. The third-order valence-electron chi connectivity index (χ3n) is 9.33. The Bertz CT molecular complexity index is 2210. The Morgan fingerprint density at radius 2 is 0.889 bits per heavy atom. The largest absolute Gasteiger partial charge is 0.490 e. The molecule has 1 fully saturated rings. The summed E-state index contributed by atoms with van der Waals surface area (Å²) in [5.41, 5.74) is 22.0. The van der Waals surface area contributed by atoms with Gasteiger partial charge in [0, 0.05) is 35.1 Å². The molecular weight excluding hydrogens is 978 g/mol. The molecule has 340 valence electrons. The van der Waals surface area contributed by atoms with E-state index in [1.807, 2.05) is 72.8 Å². The van der Waals surface area contributed by atoms with Crippen LogP contribution in [-0.2, 0) is 32.0 Å². The maximum absolute atomic E-state index is 15.0. The fraction of sp³-hybridized carbons (Fsp3) is 0.325. The summed E-state index contributed by atoms with van der Waals surface area (Å²) in [6.07, 6.45) is -7.99. The first kappa shape index (κ1) is 51.4. The zero-order valence-electron chi connectivity index (χ0n) is 33.1. The molecule has 10 N–H and O–H groups in total. The second kappa shape index (κ2) is 22.4. The Hall–Kier alpha value is -5.97. The predicted octanol–water partition coefficient (Wildman–Crippen LogP) is 6.45. The molecule has 1 saturated heterocycles.